The summed E-state index contributed by atoms with van der Waals surface area (Å²) in [5.41, 5.74) is 2.86. The Balaban J connectivity index is 1.85. The Morgan fingerprint density at radius 3 is 2.27 bits per heavy atom. The minimum absolute atomic E-state index is 0.0602. The van der Waals surface area contributed by atoms with Crippen LogP contribution < -0.4 is 4.90 Å². The standard InChI is InChI=1S/C20H22N4OS/c1-5-24(18(25)15-6-8-16(9-7-15)20(2,3)4)19-23-22-17(26-19)14-10-12-21-13-11-14/h6-13H,5H2,1-4H3. The fourth-order valence-corrected chi connectivity index (χ4v) is 3.48. The van der Waals surface area contributed by atoms with E-state index in [1.807, 2.05) is 43.3 Å². The summed E-state index contributed by atoms with van der Waals surface area (Å²) in [7, 11) is 0. The normalized spacial score (nSPS) is 11.4. The number of rotatable bonds is 4. The Bertz CT molecular complexity index is 882. The molecule has 0 spiro atoms. The van der Waals surface area contributed by atoms with E-state index in [1.54, 1.807) is 17.3 Å². The third kappa shape index (κ3) is 3.80. The van der Waals surface area contributed by atoms with Gasteiger partial charge in [-0.3, -0.25) is 14.7 Å². The van der Waals surface area contributed by atoms with Crippen LogP contribution in [-0.2, 0) is 5.41 Å². The molecule has 0 atom stereocenters. The maximum Gasteiger partial charge on any atom is 0.260 e. The molecule has 134 valence electrons. The summed E-state index contributed by atoms with van der Waals surface area (Å²) in [5.74, 6) is -0.0645. The maximum absolute atomic E-state index is 12.9. The predicted molar refractivity (Wildman–Crippen MR) is 106 cm³/mol. The number of pyridine rings is 1. The van der Waals surface area contributed by atoms with Gasteiger partial charge in [-0.2, -0.15) is 0 Å². The van der Waals surface area contributed by atoms with Gasteiger partial charge in [0, 0.05) is 30.1 Å². The number of anilines is 1. The first-order valence-corrected chi connectivity index (χ1v) is 9.38. The molecule has 2 aromatic heterocycles. The highest BCUT2D eigenvalue weighted by Gasteiger charge is 2.21. The van der Waals surface area contributed by atoms with E-state index in [9.17, 15) is 4.79 Å². The second kappa shape index (κ2) is 7.33. The fraction of sp³-hybridized carbons (Fsp3) is 0.300. The van der Waals surface area contributed by atoms with Crippen molar-refractivity contribution in [2.24, 2.45) is 0 Å². The molecule has 3 aromatic rings. The number of hydrogen-bond acceptors (Lipinski definition) is 5. The number of aromatic nitrogens is 3. The van der Waals surface area contributed by atoms with Crippen LogP contribution in [0.3, 0.4) is 0 Å². The van der Waals surface area contributed by atoms with Crippen molar-refractivity contribution in [1.82, 2.24) is 15.2 Å². The van der Waals surface area contributed by atoms with Crippen LogP contribution in [0.4, 0.5) is 5.13 Å². The number of hydrogen-bond donors (Lipinski definition) is 0. The van der Waals surface area contributed by atoms with Crippen molar-refractivity contribution in [3.63, 3.8) is 0 Å². The van der Waals surface area contributed by atoms with Gasteiger partial charge in [0.2, 0.25) is 5.13 Å². The van der Waals surface area contributed by atoms with Gasteiger partial charge in [0.25, 0.3) is 5.91 Å². The molecule has 0 N–H and O–H groups in total. The summed E-state index contributed by atoms with van der Waals surface area (Å²) in [6.45, 7) is 8.94. The third-order valence-electron chi connectivity index (χ3n) is 4.13. The van der Waals surface area contributed by atoms with E-state index in [0.717, 1.165) is 10.6 Å². The van der Waals surface area contributed by atoms with Crippen LogP contribution >= 0.6 is 11.3 Å². The summed E-state index contributed by atoms with van der Waals surface area (Å²) < 4.78 is 0. The second-order valence-electron chi connectivity index (χ2n) is 7.00. The van der Waals surface area contributed by atoms with Crippen molar-refractivity contribution in [3.8, 4) is 10.6 Å². The van der Waals surface area contributed by atoms with Gasteiger partial charge in [-0.1, -0.05) is 44.2 Å². The minimum atomic E-state index is -0.0645. The highest BCUT2D eigenvalue weighted by Crippen LogP contribution is 2.29. The second-order valence-corrected chi connectivity index (χ2v) is 7.96. The third-order valence-corrected chi connectivity index (χ3v) is 5.13. The fourth-order valence-electron chi connectivity index (χ4n) is 2.57. The molecule has 2 heterocycles. The lowest BCUT2D eigenvalue weighted by Gasteiger charge is -2.20. The Labute approximate surface area is 157 Å². The molecule has 0 aliphatic heterocycles. The number of amides is 1. The van der Waals surface area contributed by atoms with Crippen LogP contribution in [0.5, 0.6) is 0 Å². The lowest BCUT2D eigenvalue weighted by molar-refractivity contribution is 0.0988. The van der Waals surface area contributed by atoms with Gasteiger partial charge < -0.3 is 0 Å². The molecule has 0 bridgehead atoms. The number of carbonyl (C=O) groups is 1. The van der Waals surface area contributed by atoms with Crippen LogP contribution in [0.2, 0.25) is 0 Å². The minimum Gasteiger partial charge on any atom is -0.283 e. The average molecular weight is 366 g/mol. The molecule has 1 aromatic carbocycles. The van der Waals surface area contributed by atoms with Gasteiger partial charge in [-0.25, -0.2) is 0 Å². The summed E-state index contributed by atoms with van der Waals surface area (Å²) in [6.07, 6.45) is 3.44. The molecule has 6 heteroatoms. The van der Waals surface area contributed by atoms with Crippen LogP contribution in [0, 0.1) is 0 Å². The largest absolute Gasteiger partial charge is 0.283 e. The monoisotopic (exact) mass is 366 g/mol. The van der Waals surface area contributed by atoms with Crippen LogP contribution in [0.1, 0.15) is 43.6 Å². The lowest BCUT2D eigenvalue weighted by Crippen LogP contribution is -2.30. The highest BCUT2D eigenvalue weighted by atomic mass is 32.1. The summed E-state index contributed by atoms with van der Waals surface area (Å²) in [4.78, 5) is 18.6. The van der Waals surface area contributed by atoms with Crippen molar-refractivity contribution in [2.75, 3.05) is 11.4 Å². The van der Waals surface area contributed by atoms with E-state index in [0.29, 0.717) is 17.2 Å². The van der Waals surface area contributed by atoms with Crippen LogP contribution in [0.15, 0.2) is 48.8 Å². The van der Waals surface area contributed by atoms with E-state index in [1.165, 1.54) is 16.9 Å². The smallest absolute Gasteiger partial charge is 0.260 e. The van der Waals surface area contributed by atoms with Crippen molar-refractivity contribution < 1.29 is 4.79 Å². The van der Waals surface area contributed by atoms with Gasteiger partial charge in [-0.15, -0.1) is 10.2 Å². The quantitative estimate of drug-likeness (QED) is 0.679. The molecule has 0 radical (unpaired) electrons. The Morgan fingerprint density at radius 1 is 1.04 bits per heavy atom. The van der Waals surface area contributed by atoms with Crippen molar-refractivity contribution >= 4 is 22.4 Å². The molecule has 5 nitrogen and oxygen atoms in total. The topological polar surface area (TPSA) is 59.0 Å². The van der Waals surface area contributed by atoms with Crippen molar-refractivity contribution in [2.45, 2.75) is 33.1 Å². The first kappa shape index (κ1) is 18.2. The van der Waals surface area contributed by atoms with E-state index in [2.05, 4.69) is 36.0 Å². The van der Waals surface area contributed by atoms with Crippen LogP contribution in [-0.4, -0.2) is 27.6 Å². The van der Waals surface area contributed by atoms with Crippen molar-refractivity contribution in [3.05, 3.63) is 59.9 Å². The van der Waals surface area contributed by atoms with Gasteiger partial charge in [0.1, 0.15) is 5.01 Å². The Morgan fingerprint density at radius 2 is 1.69 bits per heavy atom. The van der Waals surface area contributed by atoms with Gasteiger partial charge in [-0.05, 0) is 42.2 Å². The molecule has 0 aliphatic rings. The first-order chi connectivity index (χ1) is 12.4. The predicted octanol–water partition coefficient (Wildman–Crippen LogP) is 4.56. The molecule has 0 fully saturated rings. The van der Waals surface area contributed by atoms with Gasteiger partial charge in [0.05, 0.1) is 0 Å². The maximum atomic E-state index is 12.9. The molecular formula is C20H22N4OS. The molecule has 0 aliphatic carbocycles. The Kier molecular flexibility index (Phi) is 5.13. The van der Waals surface area contributed by atoms with E-state index >= 15 is 0 Å². The number of nitrogens with zero attached hydrogens (tertiary/aromatic N) is 4. The molecular weight excluding hydrogens is 344 g/mol. The van der Waals surface area contributed by atoms with Gasteiger partial charge >= 0.3 is 0 Å². The zero-order valence-corrected chi connectivity index (χ0v) is 16.2. The summed E-state index contributed by atoms with van der Waals surface area (Å²) in [5, 5.41) is 9.82. The van der Waals surface area contributed by atoms with Crippen LogP contribution in [0.25, 0.3) is 10.6 Å². The molecule has 3 rings (SSSR count). The average Bonchev–Trinajstić information content (AvgIpc) is 3.12. The zero-order chi connectivity index (χ0) is 18.7. The molecule has 0 unspecified atom stereocenters. The first-order valence-electron chi connectivity index (χ1n) is 8.56. The summed E-state index contributed by atoms with van der Waals surface area (Å²) >= 11 is 1.40. The summed E-state index contributed by atoms with van der Waals surface area (Å²) in [6, 6.07) is 11.6. The molecule has 26 heavy (non-hydrogen) atoms. The Hall–Kier alpha value is -2.60. The number of benzene rings is 1. The van der Waals surface area contributed by atoms with Crippen molar-refractivity contribution in [1.29, 1.82) is 0 Å². The van der Waals surface area contributed by atoms with E-state index < -0.39 is 0 Å². The highest BCUT2D eigenvalue weighted by molar-refractivity contribution is 7.18. The zero-order valence-electron chi connectivity index (χ0n) is 15.4. The van der Waals surface area contributed by atoms with Gasteiger partial charge in [0.15, 0.2) is 0 Å². The van der Waals surface area contributed by atoms with E-state index in [-0.39, 0.29) is 11.3 Å². The van der Waals surface area contributed by atoms with E-state index in [4.69, 9.17) is 0 Å². The SMILES string of the molecule is CCN(C(=O)c1ccc(C(C)(C)C)cc1)c1nnc(-c2ccncc2)s1. The molecule has 0 saturated carbocycles. The lowest BCUT2D eigenvalue weighted by atomic mass is 9.86. The number of carbonyl (C=O) groups excluding carboxylic acids is 1. The molecule has 1 amide bonds. The molecule has 0 saturated heterocycles.